The molecule has 1 N–H and O–H groups in total. The van der Waals surface area contributed by atoms with Crippen LogP contribution in [0.3, 0.4) is 0 Å². The van der Waals surface area contributed by atoms with E-state index in [9.17, 15) is 9.50 Å². The van der Waals surface area contributed by atoms with Crippen LogP contribution in [0.4, 0.5) is 4.39 Å². The second kappa shape index (κ2) is 5.52. The van der Waals surface area contributed by atoms with E-state index in [0.29, 0.717) is 23.8 Å². The first-order chi connectivity index (χ1) is 9.63. The molecule has 20 heavy (non-hydrogen) atoms. The van der Waals surface area contributed by atoms with Crippen molar-refractivity contribution in [2.45, 2.75) is 25.7 Å². The molecule has 1 atom stereocenters. The highest BCUT2D eigenvalue weighted by Crippen LogP contribution is 2.27. The minimum absolute atomic E-state index is 0.200. The van der Waals surface area contributed by atoms with Crippen LogP contribution in [-0.2, 0) is 24.4 Å². The molecule has 1 heterocycles. The highest BCUT2D eigenvalue weighted by Gasteiger charge is 2.16. The van der Waals surface area contributed by atoms with Crippen molar-refractivity contribution in [3.05, 3.63) is 69.5 Å². The molecule has 0 saturated carbocycles. The summed E-state index contributed by atoms with van der Waals surface area (Å²) in [7, 11) is 0. The number of hydrogen-bond donors (Lipinski definition) is 1. The van der Waals surface area contributed by atoms with Gasteiger partial charge in [-0.05, 0) is 40.5 Å². The summed E-state index contributed by atoms with van der Waals surface area (Å²) in [5, 5.41) is 10.7. The van der Waals surface area contributed by atoms with Crippen molar-refractivity contribution in [1.29, 1.82) is 0 Å². The van der Waals surface area contributed by atoms with Crippen molar-refractivity contribution in [3.8, 4) is 0 Å². The second-order valence-corrected chi connectivity index (χ2v) is 5.41. The Kier molecular flexibility index (Phi) is 3.74. The molecule has 0 fully saturated rings. The second-order valence-electron chi connectivity index (χ2n) is 4.98. The Balaban J connectivity index is 1.82. The Hall–Kier alpha value is -1.42. The van der Waals surface area contributed by atoms with E-state index >= 15 is 0 Å². The van der Waals surface area contributed by atoms with Crippen LogP contribution in [-0.4, -0.2) is 5.11 Å². The molecular weight excluding hydrogens is 279 g/mol. The van der Waals surface area contributed by atoms with Crippen molar-refractivity contribution in [1.82, 2.24) is 0 Å². The number of benzene rings is 2. The average molecular weight is 293 g/mol. The van der Waals surface area contributed by atoms with Crippen LogP contribution in [0.15, 0.2) is 36.4 Å². The quantitative estimate of drug-likeness (QED) is 0.933. The lowest BCUT2D eigenvalue weighted by Crippen LogP contribution is -2.04. The largest absolute Gasteiger partial charge is 0.388 e. The zero-order chi connectivity index (χ0) is 14.1. The van der Waals surface area contributed by atoms with Gasteiger partial charge < -0.3 is 9.84 Å². The molecule has 2 aromatic carbocycles. The third-order valence-electron chi connectivity index (χ3n) is 3.55. The molecule has 0 spiro atoms. The SMILES string of the molecule is OC(Cc1cc(Cl)ccc1F)c1ccc2c(c1)COC2. The number of halogens is 2. The van der Waals surface area contributed by atoms with E-state index in [1.165, 1.54) is 12.1 Å². The Morgan fingerprint density at radius 2 is 1.95 bits per heavy atom. The fourth-order valence-electron chi connectivity index (χ4n) is 2.43. The van der Waals surface area contributed by atoms with Crippen molar-refractivity contribution in [2.75, 3.05) is 0 Å². The van der Waals surface area contributed by atoms with E-state index in [0.717, 1.165) is 16.7 Å². The van der Waals surface area contributed by atoms with E-state index in [2.05, 4.69) is 0 Å². The number of aliphatic hydroxyl groups is 1. The van der Waals surface area contributed by atoms with Crippen LogP contribution in [0.5, 0.6) is 0 Å². The van der Waals surface area contributed by atoms with Gasteiger partial charge in [0.2, 0.25) is 0 Å². The first-order valence-corrected chi connectivity index (χ1v) is 6.83. The van der Waals surface area contributed by atoms with E-state index in [1.54, 1.807) is 6.07 Å². The molecule has 0 aromatic heterocycles. The van der Waals surface area contributed by atoms with Crippen LogP contribution in [0.1, 0.15) is 28.4 Å². The first-order valence-electron chi connectivity index (χ1n) is 6.45. The van der Waals surface area contributed by atoms with Crippen molar-refractivity contribution in [3.63, 3.8) is 0 Å². The summed E-state index contributed by atoms with van der Waals surface area (Å²) < 4.78 is 19.0. The van der Waals surface area contributed by atoms with Gasteiger partial charge in [0, 0.05) is 11.4 Å². The van der Waals surface area contributed by atoms with Crippen LogP contribution in [0.2, 0.25) is 5.02 Å². The van der Waals surface area contributed by atoms with Crippen molar-refractivity contribution < 1.29 is 14.2 Å². The Bertz CT molecular complexity index is 642. The molecule has 3 rings (SSSR count). The van der Waals surface area contributed by atoms with Crippen molar-refractivity contribution in [2.24, 2.45) is 0 Å². The zero-order valence-electron chi connectivity index (χ0n) is 10.8. The highest BCUT2D eigenvalue weighted by atomic mass is 35.5. The predicted molar refractivity (Wildman–Crippen MR) is 75.0 cm³/mol. The van der Waals surface area contributed by atoms with E-state index in [-0.39, 0.29) is 12.2 Å². The van der Waals surface area contributed by atoms with Gasteiger partial charge in [-0.15, -0.1) is 0 Å². The van der Waals surface area contributed by atoms with Gasteiger partial charge in [0.25, 0.3) is 0 Å². The van der Waals surface area contributed by atoms with Gasteiger partial charge in [-0.25, -0.2) is 4.39 Å². The third kappa shape index (κ3) is 2.70. The van der Waals surface area contributed by atoms with Crippen molar-refractivity contribution >= 4 is 11.6 Å². The van der Waals surface area contributed by atoms with Gasteiger partial charge in [-0.2, -0.15) is 0 Å². The molecule has 0 aliphatic carbocycles. The molecule has 0 radical (unpaired) electrons. The van der Waals surface area contributed by atoms with Gasteiger partial charge >= 0.3 is 0 Å². The summed E-state index contributed by atoms with van der Waals surface area (Å²) >= 11 is 5.86. The number of aliphatic hydroxyl groups excluding tert-OH is 1. The summed E-state index contributed by atoms with van der Waals surface area (Å²) in [6.07, 6.45) is -0.555. The van der Waals surface area contributed by atoms with Gasteiger partial charge in [0.1, 0.15) is 5.82 Å². The van der Waals surface area contributed by atoms with Gasteiger partial charge in [0.15, 0.2) is 0 Å². The maximum absolute atomic E-state index is 13.7. The lowest BCUT2D eigenvalue weighted by Gasteiger charge is -2.13. The topological polar surface area (TPSA) is 29.5 Å². The lowest BCUT2D eigenvalue weighted by atomic mass is 9.98. The molecule has 4 heteroatoms. The molecule has 0 amide bonds. The van der Waals surface area contributed by atoms with E-state index in [1.807, 2.05) is 18.2 Å². The van der Waals surface area contributed by atoms with Gasteiger partial charge in [-0.3, -0.25) is 0 Å². The molecule has 0 bridgehead atoms. The number of rotatable bonds is 3. The number of hydrogen-bond acceptors (Lipinski definition) is 2. The molecule has 104 valence electrons. The van der Waals surface area contributed by atoms with Crippen LogP contribution in [0.25, 0.3) is 0 Å². The number of fused-ring (bicyclic) bond motifs is 1. The molecule has 2 aromatic rings. The number of ether oxygens (including phenoxy) is 1. The van der Waals surface area contributed by atoms with Crippen LogP contribution < -0.4 is 0 Å². The summed E-state index contributed by atoms with van der Waals surface area (Å²) in [5.74, 6) is -0.349. The van der Waals surface area contributed by atoms with Gasteiger partial charge in [-0.1, -0.05) is 29.8 Å². The van der Waals surface area contributed by atoms with E-state index in [4.69, 9.17) is 16.3 Å². The molecule has 2 nitrogen and oxygen atoms in total. The Labute approximate surface area is 121 Å². The Morgan fingerprint density at radius 1 is 1.15 bits per heavy atom. The Morgan fingerprint density at radius 3 is 2.80 bits per heavy atom. The lowest BCUT2D eigenvalue weighted by molar-refractivity contribution is 0.134. The predicted octanol–water partition coefficient (Wildman–Crippen LogP) is 3.79. The third-order valence-corrected chi connectivity index (χ3v) is 3.79. The summed E-state index contributed by atoms with van der Waals surface area (Å²) in [5.41, 5.74) is 3.43. The fraction of sp³-hybridized carbons (Fsp3) is 0.250. The normalized spacial score (nSPS) is 15.2. The summed E-state index contributed by atoms with van der Waals surface area (Å²) in [6, 6.07) is 10.1. The zero-order valence-corrected chi connectivity index (χ0v) is 11.5. The minimum Gasteiger partial charge on any atom is -0.388 e. The summed E-state index contributed by atoms with van der Waals surface area (Å²) in [4.78, 5) is 0. The van der Waals surface area contributed by atoms with Gasteiger partial charge in [0.05, 0.1) is 19.3 Å². The van der Waals surface area contributed by atoms with Crippen LogP contribution >= 0.6 is 11.6 Å². The molecule has 0 saturated heterocycles. The maximum Gasteiger partial charge on any atom is 0.126 e. The monoisotopic (exact) mass is 292 g/mol. The first kappa shape index (κ1) is 13.6. The molecular formula is C16H14ClFO2. The molecule has 1 aliphatic rings. The van der Waals surface area contributed by atoms with Crippen LogP contribution in [0, 0.1) is 5.82 Å². The maximum atomic E-state index is 13.7. The smallest absolute Gasteiger partial charge is 0.126 e. The standard InChI is InChI=1S/C16H14ClFO2/c17-14-3-4-15(18)12(6-14)7-16(19)10-1-2-11-8-20-9-13(11)5-10/h1-6,16,19H,7-9H2. The fourth-order valence-corrected chi connectivity index (χ4v) is 2.62. The highest BCUT2D eigenvalue weighted by molar-refractivity contribution is 6.30. The minimum atomic E-state index is -0.756. The van der Waals surface area contributed by atoms with E-state index < -0.39 is 6.10 Å². The molecule has 1 unspecified atom stereocenters. The average Bonchev–Trinajstić information content (AvgIpc) is 2.90. The summed E-state index contributed by atoms with van der Waals surface area (Å²) in [6.45, 7) is 1.19. The molecule has 1 aliphatic heterocycles.